The first-order valence-corrected chi connectivity index (χ1v) is 9.42. The lowest BCUT2D eigenvalue weighted by molar-refractivity contribution is -0.123. The highest BCUT2D eigenvalue weighted by molar-refractivity contribution is 6.16. The molecule has 0 aliphatic carbocycles. The molecular weight excluding hydrogens is 396 g/mol. The molecule has 31 heavy (non-hydrogen) atoms. The van der Waals surface area contributed by atoms with Gasteiger partial charge in [-0.25, -0.2) is 0 Å². The number of anilines is 1. The van der Waals surface area contributed by atoms with Crippen molar-refractivity contribution in [1.29, 1.82) is 5.26 Å². The Labute approximate surface area is 176 Å². The van der Waals surface area contributed by atoms with Gasteiger partial charge in [0.05, 0.1) is 11.3 Å². The number of para-hydroxylation sites is 1. The molecule has 9 nitrogen and oxygen atoms in total. The fourth-order valence-corrected chi connectivity index (χ4v) is 4.41. The van der Waals surface area contributed by atoms with Crippen molar-refractivity contribution in [3.8, 4) is 23.2 Å². The molecule has 0 bridgehead atoms. The molecule has 0 saturated carbocycles. The first kappa shape index (κ1) is 18.4. The van der Waals surface area contributed by atoms with Gasteiger partial charge in [-0.3, -0.25) is 14.7 Å². The highest BCUT2D eigenvalue weighted by Gasteiger charge is 2.61. The summed E-state index contributed by atoms with van der Waals surface area (Å²) in [6, 6.07) is 18.2. The molecule has 0 unspecified atom stereocenters. The van der Waals surface area contributed by atoms with Gasteiger partial charge in [0.15, 0.2) is 0 Å². The van der Waals surface area contributed by atoms with Crippen LogP contribution in [0.5, 0.6) is 5.88 Å². The van der Waals surface area contributed by atoms with E-state index in [0.717, 1.165) is 5.56 Å². The molecule has 0 radical (unpaired) electrons. The van der Waals surface area contributed by atoms with Crippen molar-refractivity contribution >= 4 is 17.5 Å². The van der Waals surface area contributed by atoms with E-state index < -0.39 is 17.2 Å². The number of nitrogens with two attached hydrogens (primary N) is 2. The summed E-state index contributed by atoms with van der Waals surface area (Å²) in [5.41, 5.74) is 12.4. The third-order valence-electron chi connectivity index (χ3n) is 5.59. The highest BCUT2D eigenvalue weighted by Crippen LogP contribution is 2.56. The quantitative estimate of drug-likeness (QED) is 0.589. The van der Waals surface area contributed by atoms with Crippen LogP contribution < -0.4 is 21.1 Å². The average Bonchev–Trinajstić information content (AvgIpc) is 3.29. The first-order chi connectivity index (χ1) is 15.0. The van der Waals surface area contributed by atoms with E-state index in [1.807, 2.05) is 30.3 Å². The standard InChI is InChI=1S/C22H16N6O3/c23-10-14-19(25)31-20-17(18(26-27-20)12-6-2-1-3-7-12)22(14)13-8-4-5-9-15(13)28(21(22)30)11-16(24)29/h1-9H,11,25H2,(H2,24,29)(H,26,27)/t22-/m0/s1. The minimum Gasteiger partial charge on any atom is -0.420 e. The molecule has 2 aliphatic heterocycles. The lowest BCUT2D eigenvalue weighted by atomic mass is 9.68. The molecule has 152 valence electrons. The molecule has 3 heterocycles. The average molecular weight is 412 g/mol. The van der Waals surface area contributed by atoms with Gasteiger partial charge >= 0.3 is 0 Å². The number of nitrogens with one attached hydrogen (secondary N) is 1. The summed E-state index contributed by atoms with van der Waals surface area (Å²) in [6.45, 7) is -0.342. The summed E-state index contributed by atoms with van der Waals surface area (Å²) in [4.78, 5) is 27.1. The maximum atomic E-state index is 14.0. The summed E-state index contributed by atoms with van der Waals surface area (Å²) in [7, 11) is 0. The van der Waals surface area contributed by atoms with Gasteiger partial charge in [-0.2, -0.15) is 5.26 Å². The van der Waals surface area contributed by atoms with Gasteiger partial charge < -0.3 is 21.1 Å². The van der Waals surface area contributed by atoms with Crippen molar-refractivity contribution in [2.75, 3.05) is 11.4 Å². The van der Waals surface area contributed by atoms with E-state index in [1.165, 1.54) is 4.90 Å². The molecule has 2 aliphatic rings. The second-order valence-corrected chi connectivity index (χ2v) is 7.22. The zero-order valence-corrected chi connectivity index (χ0v) is 16.1. The normalized spacial score (nSPS) is 19.1. The van der Waals surface area contributed by atoms with Crippen LogP contribution >= 0.6 is 0 Å². The number of hydrogen-bond donors (Lipinski definition) is 3. The first-order valence-electron chi connectivity index (χ1n) is 9.42. The van der Waals surface area contributed by atoms with Crippen LogP contribution in [-0.4, -0.2) is 28.6 Å². The lowest BCUT2D eigenvalue weighted by Crippen LogP contribution is -2.47. The van der Waals surface area contributed by atoms with Gasteiger partial charge in [0.2, 0.25) is 23.6 Å². The molecular formula is C22H16N6O3. The van der Waals surface area contributed by atoms with Gasteiger partial charge in [-0.15, -0.1) is 5.10 Å². The predicted octanol–water partition coefficient (Wildman–Crippen LogP) is 1.28. The van der Waals surface area contributed by atoms with Crippen LogP contribution in [0.4, 0.5) is 5.69 Å². The van der Waals surface area contributed by atoms with Gasteiger partial charge in [0.25, 0.3) is 0 Å². The number of aromatic nitrogens is 2. The zero-order chi connectivity index (χ0) is 21.8. The number of nitriles is 1. The zero-order valence-electron chi connectivity index (χ0n) is 16.1. The highest BCUT2D eigenvalue weighted by atomic mass is 16.5. The number of aromatic amines is 1. The molecule has 5 N–H and O–H groups in total. The van der Waals surface area contributed by atoms with Crippen molar-refractivity contribution in [2.45, 2.75) is 5.41 Å². The van der Waals surface area contributed by atoms with E-state index in [-0.39, 0.29) is 23.9 Å². The Morgan fingerprint density at radius 2 is 1.90 bits per heavy atom. The lowest BCUT2D eigenvalue weighted by Gasteiger charge is -2.32. The third kappa shape index (κ3) is 2.33. The van der Waals surface area contributed by atoms with Crippen molar-refractivity contribution < 1.29 is 14.3 Å². The van der Waals surface area contributed by atoms with Crippen LogP contribution in [0, 0.1) is 11.3 Å². The summed E-state index contributed by atoms with van der Waals surface area (Å²) in [6.07, 6.45) is 0. The molecule has 1 spiro atoms. The van der Waals surface area contributed by atoms with Crippen molar-refractivity contribution in [1.82, 2.24) is 10.2 Å². The fourth-order valence-electron chi connectivity index (χ4n) is 4.41. The van der Waals surface area contributed by atoms with Crippen molar-refractivity contribution in [3.63, 3.8) is 0 Å². The second-order valence-electron chi connectivity index (χ2n) is 7.22. The van der Waals surface area contributed by atoms with Gasteiger partial charge in [0.1, 0.15) is 23.6 Å². The maximum absolute atomic E-state index is 14.0. The monoisotopic (exact) mass is 412 g/mol. The largest absolute Gasteiger partial charge is 0.420 e. The summed E-state index contributed by atoms with van der Waals surface area (Å²) < 4.78 is 5.63. The molecule has 1 atom stereocenters. The van der Waals surface area contributed by atoms with E-state index in [1.54, 1.807) is 24.3 Å². The van der Waals surface area contributed by atoms with E-state index in [0.29, 0.717) is 22.5 Å². The third-order valence-corrected chi connectivity index (χ3v) is 5.59. The molecule has 0 saturated heterocycles. The smallest absolute Gasteiger partial charge is 0.248 e. The number of H-pyrrole nitrogens is 1. The summed E-state index contributed by atoms with van der Waals surface area (Å²) in [5.74, 6) is -1.32. The number of amides is 2. The Morgan fingerprint density at radius 1 is 1.19 bits per heavy atom. The molecule has 2 amide bonds. The number of carbonyl (C=O) groups is 2. The van der Waals surface area contributed by atoms with Crippen molar-refractivity contribution in [3.05, 3.63) is 77.2 Å². The van der Waals surface area contributed by atoms with Crippen LogP contribution in [0.15, 0.2) is 66.1 Å². The molecule has 9 heteroatoms. The van der Waals surface area contributed by atoms with Gasteiger partial charge in [-0.05, 0) is 6.07 Å². The summed E-state index contributed by atoms with van der Waals surface area (Å²) >= 11 is 0. The van der Waals surface area contributed by atoms with Crippen LogP contribution in [0.3, 0.4) is 0 Å². The molecule has 1 aromatic heterocycles. The van der Waals surface area contributed by atoms with Crippen LogP contribution in [0.25, 0.3) is 11.3 Å². The summed E-state index contributed by atoms with van der Waals surface area (Å²) in [5, 5.41) is 17.2. The Balaban J connectivity index is 1.89. The van der Waals surface area contributed by atoms with Gasteiger partial charge in [0, 0.05) is 16.8 Å². The Kier molecular flexibility index (Phi) is 3.85. The minimum absolute atomic E-state index is 0.0667. The molecule has 0 fully saturated rings. The van der Waals surface area contributed by atoms with Crippen molar-refractivity contribution in [2.24, 2.45) is 11.5 Å². The van der Waals surface area contributed by atoms with Gasteiger partial charge in [-0.1, -0.05) is 48.5 Å². The maximum Gasteiger partial charge on any atom is 0.248 e. The SMILES string of the molecule is N#CC1=C(N)Oc2n[nH]c(-c3ccccc3)c2[C@@]12C(=O)N(CC(N)=O)c1ccccc12. The Morgan fingerprint density at radius 3 is 2.61 bits per heavy atom. The van der Waals surface area contributed by atoms with Crippen LogP contribution in [0.2, 0.25) is 0 Å². The molecule has 5 rings (SSSR count). The minimum atomic E-state index is -1.63. The Bertz CT molecular complexity index is 1320. The number of hydrogen-bond acceptors (Lipinski definition) is 6. The number of carbonyl (C=O) groups excluding carboxylic acids is 2. The Hall–Kier alpha value is -4.58. The number of fused-ring (bicyclic) bond motifs is 4. The van der Waals surface area contributed by atoms with E-state index >= 15 is 0 Å². The molecule has 2 aromatic carbocycles. The number of benzene rings is 2. The van der Waals surface area contributed by atoms with E-state index in [9.17, 15) is 14.9 Å². The van der Waals surface area contributed by atoms with E-state index in [4.69, 9.17) is 16.2 Å². The topological polar surface area (TPSA) is 151 Å². The number of primary amides is 1. The molecule has 3 aromatic rings. The predicted molar refractivity (Wildman–Crippen MR) is 110 cm³/mol. The number of nitrogens with zero attached hydrogens (tertiary/aromatic N) is 3. The van der Waals surface area contributed by atoms with E-state index in [2.05, 4.69) is 16.3 Å². The van der Waals surface area contributed by atoms with Crippen LogP contribution in [-0.2, 0) is 15.0 Å². The van der Waals surface area contributed by atoms with Crippen LogP contribution in [0.1, 0.15) is 11.1 Å². The number of ether oxygens (including phenoxy) is 1. The second kappa shape index (κ2) is 6.47. The fraction of sp³-hybridized carbons (Fsp3) is 0.0909. The number of rotatable bonds is 3.